The topological polar surface area (TPSA) is 69.8 Å². The van der Waals surface area contributed by atoms with E-state index in [1.807, 2.05) is 32.0 Å². The molecule has 0 fully saturated rings. The lowest BCUT2D eigenvalue weighted by Gasteiger charge is -2.13. The Morgan fingerprint density at radius 2 is 2.19 bits per heavy atom. The zero-order valence-corrected chi connectivity index (χ0v) is 12.9. The van der Waals surface area contributed by atoms with Crippen LogP contribution >= 0.6 is 11.6 Å². The van der Waals surface area contributed by atoms with E-state index < -0.39 is 0 Å². The van der Waals surface area contributed by atoms with E-state index in [9.17, 15) is 4.79 Å². The molecule has 112 valence electrons. The van der Waals surface area contributed by atoms with E-state index in [4.69, 9.17) is 11.6 Å². The van der Waals surface area contributed by atoms with E-state index >= 15 is 0 Å². The molecule has 1 amide bonds. The highest BCUT2D eigenvalue weighted by Gasteiger charge is 2.17. The molecule has 0 aliphatic rings. The van der Waals surface area contributed by atoms with E-state index in [2.05, 4.69) is 20.8 Å². The summed E-state index contributed by atoms with van der Waals surface area (Å²) in [6.07, 6.45) is 1.52. The number of nitrogens with zero attached hydrogens (tertiary/aromatic N) is 1. The first kappa shape index (κ1) is 15.5. The fourth-order valence-corrected chi connectivity index (χ4v) is 2.32. The first-order valence-corrected chi connectivity index (χ1v) is 7.31. The van der Waals surface area contributed by atoms with Gasteiger partial charge in [-0.25, -0.2) is 0 Å². The maximum atomic E-state index is 12.3. The summed E-state index contributed by atoms with van der Waals surface area (Å²) in [5.41, 5.74) is 1.89. The van der Waals surface area contributed by atoms with Crippen molar-refractivity contribution in [3.63, 3.8) is 0 Å². The van der Waals surface area contributed by atoms with Crippen LogP contribution in [0, 0.1) is 0 Å². The van der Waals surface area contributed by atoms with Gasteiger partial charge in [-0.15, -0.1) is 0 Å². The largest absolute Gasteiger partial charge is 0.350 e. The summed E-state index contributed by atoms with van der Waals surface area (Å²) < 4.78 is 0. The molecular weight excluding hydrogens is 288 g/mol. The number of likely N-dealkylation sites (N-methyl/N-ethyl adjacent to an activating group) is 1. The molecule has 0 bridgehead atoms. The molecule has 0 saturated heterocycles. The lowest BCUT2D eigenvalue weighted by atomic mass is 10.1. The quantitative estimate of drug-likeness (QED) is 0.768. The summed E-state index contributed by atoms with van der Waals surface area (Å²) in [5.74, 6) is -0.163. The van der Waals surface area contributed by atoms with Gasteiger partial charge in [0.2, 0.25) is 0 Å². The number of amides is 1. The molecule has 3 N–H and O–H groups in total. The van der Waals surface area contributed by atoms with Gasteiger partial charge in [0.25, 0.3) is 5.91 Å². The number of aromatic amines is 1. The van der Waals surface area contributed by atoms with Crippen molar-refractivity contribution >= 4 is 17.5 Å². The van der Waals surface area contributed by atoms with E-state index in [0.29, 0.717) is 22.8 Å². The fraction of sp³-hybridized carbons (Fsp3) is 0.333. The van der Waals surface area contributed by atoms with Gasteiger partial charge in [0.15, 0.2) is 0 Å². The summed E-state index contributed by atoms with van der Waals surface area (Å²) >= 11 is 6.17. The average molecular weight is 307 g/mol. The van der Waals surface area contributed by atoms with E-state index in [1.54, 1.807) is 6.07 Å². The number of aromatic nitrogens is 2. The van der Waals surface area contributed by atoms with Crippen LogP contribution in [0.25, 0.3) is 11.3 Å². The Balaban J connectivity index is 2.13. The molecule has 6 heteroatoms. The van der Waals surface area contributed by atoms with Crippen LogP contribution in [-0.4, -0.2) is 35.2 Å². The van der Waals surface area contributed by atoms with Gasteiger partial charge in [0.05, 0.1) is 17.5 Å². The van der Waals surface area contributed by atoms with Crippen molar-refractivity contribution in [2.75, 3.05) is 13.1 Å². The molecule has 0 saturated carbocycles. The molecule has 5 nitrogen and oxygen atoms in total. The highest BCUT2D eigenvalue weighted by atomic mass is 35.5. The second-order valence-electron chi connectivity index (χ2n) is 4.81. The van der Waals surface area contributed by atoms with Gasteiger partial charge >= 0.3 is 0 Å². The molecule has 0 radical (unpaired) electrons. The molecule has 1 aromatic carbocycles. The molecule has 2 aromatic rings. The minimum atomic E-state index is -0.163. The van der Waals surface area contributed by atoms with Crippen molar-refractivity contribution in [1.29, 1.82) is 0 Å². The van der Waals surface area contributed by atoms with E-state index in [0.717, 1.165) is 12.1 Å². The Kier molecular flexibility index (Phi) is 5.36. The minimum Gasteiger partial charge on any atom is -0.350 e. The van der Waals surface area contributed by atoms with Crippen molar-refractivity contribution in [3.8, 4) is 11.3 Å². The molecule has 0 aliphatic heterocycles. The zero-order valence-electron chi connectivity index (χ0n) is 12.1. The van der Waals surface area contributed by atoms with Gasteiger partial charge in [-0.1, -0.05) is 36.7 Å². The fourth-order valence-electron chi connectivity index (χ4n) is 2.09. The van der Waals surface area contributed by atoms with Gasteiger partial charge in [0, 0.05) is 23.2 Å². The van der Waals surface area contributed by atoms with Gasteiger partial charge < -0.3 is 10.6 Å². The predicted molar refractivity (Wildman–Crippen MR) is 84.5 cm³/mol. The standard InChI is InChI=1S/C15H19ClN4O/c1-3-17-10(2)8-18-15(21)12-9-19-20-14(12)11-6-4-5-7-13(11)16/h4-7,9-10,17H,3,8H2,1-2H3,(H,18,21)(H,19,20)/t10-/m1/s1. The SMILES string of the molecule is CCN[C@H](C)CNC(=O)c1cn[nH]c1-c1ccccc1Cl. The van der Waals surface area contributed by atoms with Gasteiger partial charge in [-0.2, -0.15) is 5.10 Å². The second kappa shape index (κ2) is 7.24. The third-order valence-electron chi connectivity index (χ3n) is 3.15. The molecule has 1 aromatic heterocycles. The van der Waals surface area contributed by atoms with Gasteiger partial charge in [-0.05, 0) is 19.5 Å². The number of nitrogens with one attached hydrogen (secondary N) is 3. The van der Waals surface area contributed by atoms with Crippen LogP contribution in [0.5, 0.6) is 0 Å². The molecule has 1 heterocycles. The lowest BCUT2D eigenvalue weighted by molar-refractivity contribution is 0.0951. The Morgan fingerprint density at radius 1 is 1.43 bits per heavy atom. The normalized spacial score (nSPS) is 12.1. The monoisotopic (exact) mass is 306 g/mol. The molecule has 0 unspecified atom stereocenters. The van der Waals surface area contributed by atoms with Crippen LogP contribution in [0.4, 0.5) is 0 Å². The first-order chi connectivity index (χ1) is 10.1. The number of carbonyl (C=O) groups excluding carboxylic acids is 1. The van der Waals surface area contributed by atoms with Crippen LogP contribution in [0.1, 0.15) is 24.2 Å². The van der Waals surface area contributed by atoms with Crippen molar-refractivity contribution in [2.24, 2.45) is 0 Å². The van der Waals surface area contributed by atoms with Crippen LogP contribution in [-0.2, 0) is 0 Å². The van der Waals surface area contributed by atoms with Crippen LogP contribution < -0.4 is 10.6 Å². The molecule has 2 rings (SSSR count). The number of hydrogen-bond acceptors (Lipinski definition) is 3. The number of rotatable bonds is 6. The number of carbonyl (C=O) groups is 1. The van der Waals surface area contributed by atoms with Crippen LogP contribution in [0.2, 0.25) is 5.02 Å². The predicted octanol–water partition coefficient (Wildman–Crippen LogP) is 2.46. The summed E-state index contributed by atoms with van der Waals surface area (Å²) in [6.45, 7) is 5.48. The highest BCUT2D eigenvalue weighted by molar-refractivity contribution is 6.33. The molecular formula is C15H19ClN4O. The molecule has 0 aliphatic carbocycles. The summed E-state index contributed by atoms with van der Waals surface area (Å²) in [5, 5.41) is 13.5. The Morgan fingerprint density at radius 3 is 2.90 bits per heavy atom. The average Bonchev–Trinajstić information content (AvgIpc) is 2.95. The van der Waals surface area contributed by atoms with E-state index in [1.165, 1.54) is 6.20 Å². The van der Waals surface area contributed by atoms with Crippen molar-refractivity contribution in [1.82, 2.24) is 20.8 Å². The lowest BCUT2D eigenvalue weighted by Crippen LogP contribution is -2.38. The second-order valence-corrected chi connectivity index (χ2v) is 5.21. The summed E-state index contributed by atoms with van der Waals surface area (Å²) in [6, 6.07) is 7.58. The highest BCUT2D eigenvalue weighted by Crippen LogP contribution is 2.28. The number of hydrogen-bond donors (Lipinski definition) is 3. The van der Waals surface area contributed by atoms with Crippen molar-refractivity contribution in [2.45, 2.75) is 19.9 Å². The third-order valence-corrected chi connectivity index (χ3v) is 3.48. The maximum Gasteiger partial charge on any atom is 0.255 e. The Labute approximate surface area is 129 Å². The Bertz CT molecular complexity index is 611. The minimum absolute atomic E-state index is 0.163. The Hall–Kier alpha value is -1.85. The maximum absolute atomic E-state index is 12.3. The zero-order chi connectivity index (χ0) is 15.2. The van der Waals surface area contributed by atoms with Crippen LogP contribution in [0.15, 0.2) is 30.5 Å². The summed E-state index contributed by atoms with van der Waals surface area (Å²) in [7, 11) is 0. The summed E-state index contributed by atoms with van der Waals surface area (Å²) in [4.78, 5) is 12.3. The number of H-pyrrole nitrogens is 1. The van der Waals surface area contributed by atoms with Gasteiger partial charge in [0.1, 0.15) is 0 Å². The van der Waals surface area contributed by atoms with Crippen molar-refractivity contribution < 1.29 is 4.79 Å². The van der Waals surface area contributed by atoms with Crippen molar-refractivity contribution in [3.05, 3.63) is 41.0 Å². The molecule has 0 spiro atoms. The first-order valence-electron chi connectivity index (χ1n) is 6.93. The smallest absolute Gasteiger partial charge is 0.255 e. The third kappa shape index (κ3) is 3.83. The number of benzene rings is 1. The molecule has 1 atom stereocenters. The van der Waals surface area contributed by atoms with E-state index in [-0.39, 0.29) is 11.9 Å². The number of halogens is 1. The van der Waals surface area contributed by atoms with Crippen LogP contribution in [0.3, 0.4) is 0 Å². The van der Waals surface area contributed by atoms with Gasteiger partial charge in [-0.3, -0.25) is 9.89 Å². The molecule has 21 heavy (non-hydrogen) atoms.